The van der Waals surface area contributed by atoms with Gasteiger partial charge in [-0.1, -0.05) is 11.6 Å². The number of pyridine rings is 1. The van der Waals surface area contributed by atoms with Crippen LogP contribution in [0, 0.1) is 19.9 Å². The van der Waals surface area contributed by atoms with Crippen LogP contribution in [0.15, 0.2) is 36.5 Å². The van der Waals surface area contributed by atoms with Gasteiger partial charge in [0.05, 0.1) is 0 Å². The van der Waals surface area contributed by atoms with Gasteiger partial charge >= 0.3 is 0 Å². The second-order valence-corrected chi connectivity index (χ2v) is 3.43. The Morgan fingerprint density at radius 3 is 2.11 bits per heavy atom. The molecular formula is C15H20IrNO2-. The Morgan fingerprint density at radius 2 is 1.63 bits per heavy atom. The van der Waals surface area contributed by atoms with E-state index >= 15 is 0 Å². The Kier molecular flexibility index (Phi) is 12.8. The summed E-state index contributed by atoms with van der Waals surface area (Å²) in [5.74, 6) is 0. The minimum Gasteiger partial charge on any atom is -0.400 e. The summed E-state index contributed by atoms with van der Waals surface area (Å²) in [6, 6.07) is 13.2. The predicted molar refractivity (Wildman–Crippen MR) is 74.3 cm³/mol. The zero-order valence-electron chi connectivity index (χ0n) is 11.6. The third-order valence-corrected chi connectivity index (χ3v) is 2.36. The van der Waals surface area contributed by atoms with Crippen molar-refractivity contribution in [3.8, 4) is 11.3 Å². The maximum atomic E-state index is 7.00. The SMILES string of the molecule is CO.CO.Cc1cnc(-c2[c-]cccc2)cc1C.[Ir]. The number of hydrogen-bond acceptors (Lipinski definition) is 3. The van der Waals surface area contributed by atoms with Gasteiger partial charge in [0.15, 0.2) is 0 Å². The number of benzene rings is 1. The van der Waals surface area contributed by atoms with E-state index in [0.29, 0.717) is 0 Å². The van der Waals surface area contributed by atoms with E-state index in [1.165, 1.54) is 11.1 Å². The monoisotopic (exact) mass is 439 g/mol. The molecule has 0 bridgehead atoms. The van der Waals surface area contributed by atoms with Crippen LogP contribution >= 0.6 is 0 Å². The minimum absolute atomic E-state index is 0. The van der Waals surface area contributed by atoms with Crippen LogP contribution in [0.2, 0.25) is 0 Å². The molecule has 1 heterocycles. The fraction of sp³-hybridized carbons (Fsp3) is 0.267. The van der Waals surface area contributed by atoms with Crippen LogP contribution in [0.5, 0.6) is 0 Å². The van der Waals surface area contributed by atoms with Gasteiger partial charge in [-0.15, -0.1) is 35.9 Å². The molecule has 0 aliphatic rings. The fourth-order valence-corrected chi connectivity index (χ4v) is 1.32. The molecular weight excluding hydrogens is 418 g/mol. The number of aliphatic hydroxyl groups is 2. The number of hydrogen-bond donors (Lipinski definition) is 2. The Hall–Kier alpha value is -1.06. The van der Waals surface area contributed by atoms with Crippen LogP contribution in [-0.4, -0.2) is 29.4 Å². The third kappa shape index (κ3) is 6.60. The van der Waals surface area contributed by atoms with E-state index < -0.39 is 0 Å². The quantitative estimate of drug-likeness (QED) is 0.673. The zero-order valence-corrected chi connectivity index (χ0v) is 14.0. The first-order valence-electron chi connectivity index (χ1n) is 5.57. The molecule has 2 aromatic rings. The summed E-state index contributed by atoms with van der Waals surface area (Å²) in [4.78, 5) is 4.38. The van der Waals surface area contributed by atoms with Gasteiger partial charge < -0.3 is 15.2 Å². The van der Waals surface area contributed by atoms with Crippen molar-refractivity contribution in [2.75, 3.05) is 14.2 Å². The van der Waals surface area contributed by atoms with E-state index in [1.54, 1.807) is 0 Å². The second kappa shape index (κ2) is 12.0. The van der Waals surface area contributed by atoms with E-state index in [9.17, 15) is 0 Å². The molecule has 1 radical (unpaired) electrons. The number of aliphatic hydroxyl groups excluding tert-OH is 2. The molecule has 19 heavy (non-hydrogen) atoms. The number of nitrogens with zero attached hydrogens (tertiary/aromatic N) is 1. The number of aryl methyl sites for hydroxylation is 2. The van der Waals surface area contributed by atoms with Crippen molar-refractivity contribution in [1.82, 2.24) is 4.98 Å². The largest absolute Gasteiger partial charge is 0.400 e. The minimum atomic E-state index is 0. The maximum Gasteiger partial charge on any atom is 0.0319 e. The Balaban J connectivity index is 0. The molecule has 0 aliphatic heterocycles. The van der Waals surface area contributed by atoms with Crippen molar-refractivity contribution in [1.29, 1.82) is 0 Å². The van der Waals surface area contributed by atoms with Crippen LogP contribution in [-0.2, 0) is 20.1 Å². The molecule has 3 nitrogen and oxygen atoms in total. The smallest absolute Gasteiger partial charge is 0.0319 e. The van der Waals surface area contributed by atoms with Crippen molar-refractivity contribution in [3.63, 3.8) is 0 Å². The molecule has 4 heteroatoms. The Labute approximate surface area is 128 Å². The summed E-state index contributed by atoms with van der Waals surface area (Å²) < 4.78 is 0. The van der Waals surface area contributed by atoms with Gasteiger partial charge in [-0.3, -0.25) is 0 Å². The van der Waals surface area contributed by atoms with Gasteiger partial charge in [0, 0.05) is 40.5 Å². The fourth-order valence-electron chi connectivity index (χ4n) is 1.32. The maximum absolute atomic E-state index is 7.00. The zero-order chi connectivity index (χ0) is 14.0. The van der Waals surface area contributed by atoms with Gasteiger partial charge in [0.25, 0.3) is 0 Å². The van der Waals surface area contributed by atoms with Crippen molar-refractivity contribution in [3.05, 3.63) is 53.7 Å². The average molecular weight is 439 g/mol. The number of aromatic nitrogens is 1. The summed E-state index contributed by atoms with van der Waals surface area (Å²) in [6.07, 6.45) is 1.91. The molecule has 1 aromatic carbocycles. The van der Waals surface area contributed by atoms with E-state index in [4.69, 9.17) is 10.2 Å². The van der Waals surface area contributed by atoms with Crippen LogP contribution in [0.25, 0.3) is 11.3 Å². The summed E-state index contributed by atoms with van der Waals surface area (Å²) in [5, 5.41) is 14.0. The molecule has 1 aromatic heterocycles. The van der Waals surface area contributed by atoms with E-state index in [0.717, 1.165) is 25.5 Å². The van der Waals surface area contributed by atoms with E-state index in [1.807, 2.05) is 30.5 Å². The summed E-state index contributed by atoms with van der Waals surface area (Å²) in [6.45, 7) is 4.17. The van der Waals surface area contributed by atoms with E-state index in [2.05, 4.69) is 31.0 Å². The van der Waals surface area contributed by atoms with Gasteiger partial charge in [0.1, 0.15) is 0 Å². The first-order valence-corrected chi connectivity index (χ1v) is 5.57. The molecule has 0 atom stereocenters. The topological polar surface area (TPSA) is 53.4 Å². The van der Waals surface area contributed by atoms with Gasteiger partial charge in [0.2, 0.25) is 0 Å². The Bertz CT molecular complexity index is 447. The van der Waals surface area contributed by atoms with Crippen molar-refractivity contribution >= 4 is 0 Å². The molecule has 0 fully saturated rings. The van der Waals surface area contributed by atoms with Gasteiger partial charge in [-0.2, -0.15) is 0 Å². The molecule has 2 N–H and O–H groups in total. The molecule has 0 amide bonds. The summed E-state index contributed by atoms with van der Waals surface area (Å²) >= 11 is 0. The van der Waals surface area contributed by atoms with Crippen LogP contribution < -0.4 is 0 Å². The molecule has 0 unspecified atom stereocenters. The van der Waals surface area contributed by atoms with Crippen LogP contribution in [0.4, 0.5) is 0 Å². The summed E-state index contributed by atoms with van der Waals surface area (Å²) in [5.41, 5.74) is 4.54. The van der Waals surface area contributed by atoms with Gasteiger partial charge in [-0.05, 0) is 25.1 Å². The standard InChI is InChI=1S/C13H12N.2CH4O.Ir/c1-10-8-13(14-9-11(10)2)12-6-4-3-5-7-12;2*1-2;/h3-6,8-9H,1-2H3;2*2H,1H3;/q-1;;;. The van der Waals surface area contributed by atoms with Crippen molar-refractivity contribution in [2.24, 2.45) is 0 Å². The van der Waals surface area contributed by atoms with Crippen LogP contribution in [0.1, 0.15) is 11.1 Å². The van der Waals surface area contributed by atoms with Crippen molar-refractivity contribution in [2.45, 2.75) is 13.8 Å². The van der Waals surface area contributed by atoms with Gasteiger partial charge in [-0.25, -0.2) is 0 Å². The summed E-state index contributed by atoms with van der Waals surface area (Å²) in [7, 11) is 2.00. The molecule has 0 saturated carbocycles. The molecule has 0 saturated heterocycles. The molecule has 0 aliphatic carbocycles. The second-order valence-electron chi connectivity index (χ2n) is 3.43. The molecule has 107 valence electrons. The Morgan fingerprint density at radius 1 is 1.00 bits per heavy atom. The normalized spacial score (nSPS) is 8.11. The molecule has 0 spiro atoms. The number of rotatable bonds is 1. The van der Waals surface area contributed by atoms with Crippen molar-refractivity contribution < 1.29 is 30.3 Å². The van der Waals surface area contributed by atoms with E-state index in [-0.39, 0.29) is 20.1 Å². The third-order valence-electron chi connectivity index (χ3n) is 2.36. The average Bonchev–Trinajstić information content (AvgIpc) is 2.47. The van der Waals surface area contributed by atoms with Crippen LogP contribution in [0.3, 0.4) is 0 Å². The first kappa shape index (κ1) is 20.3. The molecule has 2 rings (SSSR count). The first-order chi connectivity index (χ1) is 8.77. The predicted octanol–water partition coefficient (Wildman–Crippen LogP) is 2.38.